The average molecular weight is 314 g/mol. The number of rotatable bonds is 6. The van der Waals surface area contributed by atoms with Gasteiger partial charge in [0.15, 0.2) is 0 Å². The maximum absolute atomic E-state index is 11.6. The summed E-state index contributed by atoms with van der Waals surface area (Å²) in [5, 5.41) is 2.97. The number of hydrogen-bond donors (Lipinski definition) is 1. The quantitative estimate of drug-likeness (QED) is 0.646. The minimum atomic E-state index is 0.115. The summed E-state index contributed by atoms with van der Waals surface area (Å²) >= 11 is 5.18. The summed E-state index contributed by atoms with van der Waals surface area (Å²) in [7, 11) is 0. The SMILES string of the molecule is O=C(CSc1ccccc1)NCC(Br)C1CC1. The standard InChI is InChI=1S/C13H16BrNOS/c14-12(10-6-7-10)8-15-13(16)9-17-11-4-2-1-3-5-11/h1-5,10,12H,6-9H2,(H,15,16). The average Bonchev–Trinajstić information content (AvgIpc) is 3.19. The Morgan fingerprint density at radius 1 is 1.41 bits per heavy atom. The van der Waals surface area contributed by atoms with Crippen LogP contribution in [0.1, 0.15) is 12.8 Å². The number of carbonyl (C=O) groups is 1. The van der Waals surface area contributed by atoms with E-state index >= 15 is 0 Å². The molecule has 0 heterocycles. The number of halogens is 1. The third-order valence-electron chi connectivity index (χ3n) is 2.74. The molecule has 0 aliphatic heterocycles. The minimum Gasteiger partial charge on any atom is -0.354 e. The second kappa shape index (κ2) is 6.45. The third-order valence-corrected chi connectivity index (χ3v) is 4.82. The molecule has 1 aliphatic carbocycles. The first-order valence-corrected chi connectivity index (χ1v) is 7.74. The van der Waals surface area contributed by atoms with Crippen molar-refractivity contribution in [3.05, 3.63) is 30.3 Å². The largest absolute Gasteiger partial charge is 0.354 e. The number of benzene rings is 1. The van der Waals surface area contributed by atoms with Crippen LogP contribution in [-0.2, 0) is 4.79 Å². The predicted octanol–water partition coefficient (Wildman–Crippen LogP) is 3.07. The summed E-state index contributed by atoms with van der Waals surface area (Å²) in [4.78, 5) is 13.2. The van der Waals surface area contributed by atoms with Crippen molar-refractivity contribution in [3.8, 4) is 0 Å². The zero-order chi connectivity index (χ0) is 12.1. The van der Waals surface area contributed by atoms with Crippen LogP contribution in [0.5, 0.6) is 0 Å². The van der Waals surface area contributed by atoms with Crippen LogP contribution in [-0.4, -0.2) is 23.0 Å². The molecule has 1 saturated carbocycles. The van der Waals surface area contributed by atoms with Crippen molar-refractivity contribution >= 4 is 33.6 Å². The molecule has 1 amide bonds. The lowest BCUT2D eigenvalue weighted by atomic mass is 10.3. The van der Waals surface area contributed by atoms with Crippen molar-refractivity contribution in [1.29, 1.82) is 0 Å². The molecule has 1 aliphatic rings. The molecule has 1 N–H and O–H groups in total. The van der Waals surface area contributed by atoms with E-state index in [1.54, 1.807) is 11.8 Å². The molecule has 1 atom stereocenters. The van der Waals surface area contributed by atoms with Gasteiger partial charge in [0.25, 0.3) is 0 Å². The van der Waals surface area contributed by atoms with Crippen LogP contribution in [0.25, 0.3) is 0 Å². The molecule has 4 heteroatoms. The highest BCUT2D eigenvalue weighted by atomic mass is 79.9. The molecular weight excluding hydrogens is 298 g/mol. The smallest absolute Gasteiger partial charge is 0.230 e. The molecule has 0 aromatic heterocycles. The van der Waals surface area contributed by atoms with E-state index in [0.29, 0.717) is 10.6 Å². The van der Waals surface area contributed by atoms with Gasteiger partial charge in [-0.2, -0.15) is 0 Å². The Labute approximate surface area is 115 Å². The van der Waals surface area contributed by atoms with Gasteiger partial charge < -0.3 is 5.32 Å². The highest BCUT2D eigenvalue weighted by Gasteiger charge is 2.29. The summed E-state index contributed by atoms with van der Waals surface area (Å²) in [5.41, 5.74) is 0. The summed E-state index contributed by atoms with van der Waals surface area (Å²) in [6, 6.07) is 10.0. The van der Waals surface area contributed by atoms with Crippen LogP contribution in [0.3, 0.4) is 0 Å². The second-order valence-corrected chi connectivity index (χ2v) is 6.48. The Hall–Kier alpha value is -0.480. The molecule has 0 radical (unpaired) electrons. The van der Waals surface area contributed by atoms with Crippen LogP contribution in [0.2, 0.25) is 0 Å². The van der Waals surface area contributed by atoms with E-state index in [0.717, 1.165) is 17.4 Å². The van der Waals surface area contributed by atoms with E-state index in [1.807, 2.05) is 30.3 Å². The maximum atomic E-state index is 11.6. The Kier molecular flexibility index (Phi) is 4.92. The van der Waals surface area contributed by atoms with Crippen LogP contribution < -0.4 is 5.32 Å². The first-order valence-electron chi connectivity index (χ1n) is 5.84. The zero-order valence-corrected chi connectivity index (χ0v) is 12.0. The lowest BCUT2D eigenvalue weighted by Crippen LogP contribution is -2.31. The van der Waals surface area contributed by atoms with Gasteiger partial charge in [-0.3, -0.25) is 4.79 Å². The van der Waals surface area contributed by atoms with Gasteiger partial charge in [0.2, 0.25) is 5.91 Å². The third kappa shape index (κ3) is 4.72. The van der Waals surface area contributed by atoms with E-state index in [2.05, 4.69) is 21.2 Å². The molecular formula is C13H16BrNOS. The number of nitrogens with one attached hydrogen (secondary N) is 1. The fraction of sp³-hybridized carbons (Fsp3) is 0.462. The summed E-state index contributed by atoms with van der Waals surface area (Å²) in [6.45, 7) is 0.749. The van der Waals surface area contributed by atoms with Gasteiger partial charge >= 0.3 is 0 Å². The van der Waals surface area contributed by atoms with Gasteiger partial charge in [-0.15, -0.1) is 11.8 Å². The van der Waals surface area contributed by atoms with Crippen LogP contribution in [0, 0.1) is 5.92 Å². The van der Waals surface area contributed by atoms with Gasteiger partial charge in [-0.05, 0) is 30.9 Å². The van der Waals surface area contributed by atoms with Gasteiger partial charge in [-0.1, -0.05) is 34.1 Å². The zero-order valence-electron chi connectivity index (χ0n) is 9.56. The van der Waals surface area contributed by atoms with Crippen molar-refractivity contribution in [1.82, 2.24) is 5.32 Å². The molecule has 0 spiro atoms. The maximum Gasteiger partial charge on any atom is 0.230 e. The number of alkyl halides is 1. The van der Waals surface area contributed by atoms with Gasteiger partial charge in [0.1, 0.15) is 0 Å². The van der Waals surface area contributed by atoms with E-state index in [4.69, 9.17) is 0 Å². The number of thioether (sulfide) groups is 1. The Balaban J connectivity index is 1.63. The molecule has 17 heavy (non-hydrogen) atoms. The van der Waals surface area contributed by atoms with Crippen LogP contribution >= 0.6 is 27.7 Å². The number of amides is 1. The monoisotopic (exact) mass is 313 g/mol. The summed E-state index contributed by atoms with van der Waals surface area (Å²) in [6.07, 6.45) is 2.59. The molecule has 2 nitrogen and oxygen atoms in total. The Morgan fingerprint density at radius 2 is 2.12 bits per heavy atom. The first kappa shape index (κ1) is 13.0. The molecule has 0 bridgehead atoms. The fourth-order valence-corrected chi connectivity index (χ4v) is 2.99. The van der Waals surface area contributed by atoms with E-state index in [-0.39, 0.29) is 5.91 Å². The van der Waals surface area contributed by atoms with Crippen molar-refractivity contribution in [2.24, 2.45) is 5.92 Å². The van der Waals surface area contributed by atoms with Gasteiger partial charge in [0.05, 0.1) is 5.75 Å². The van der Waals surface area contributed by atoms with E-state index in [9.17, 15) is 4.79 Å². The number of hydrogen-bond acceptors (Lipinski definition) is 2. The van der Waals surface area contributed by atoms with E-state index < -0.39 is 0 Å². The first-order chi connectivity index (χ1) is 8.25. The fourth-order valence-electron chi connectivity index (χ4n) is 1.55. The lowest BCUT2D eigenvalue weighted by Gasteiger charge is -2.09. The van der Waals surface area contributed by atoms with Gasteiger partial charge in [-0.25, -0.2) is 0 Å². The molecule has 2 rings (SSSR count). The molecule has 0 saturated heterocycles. The molecule has 1 fully saturated rings. The van der Waals surface area contributed by atoms with Crippen molar-refractivity contribution in [2.45, 2.75) is 22.6 Å². The summed E-state index contributed by atoms with van der Waals surface area (Å²) < 4.78 is 0. The predicted molar refractivity (Wildman–Crippen MR) is 75.6 cm³/mol. The molecule has 1 aromatic carbocycles. The van der Waals surface area contributed by atoms with Crippen molar-refractivity contribution in [3.63, 3.8) is 0 Å². The second-order valence-electron chi connectivity index (χ2n) is 4.26. The van der Waals surface area contributed by atoms with E-state index in [1.165, 1.54) is 12.8 Å². The molecule has 1 aromatic rings. The van der Waals surface area contributed by atoms with Crippen molar-refractivity contribution < 1.29 is 4.79 Å². The molecule has 92 valence electrons. The summed E-state index contributed by atoms with van der Waals surface area (Å²) in [5.74, 6) is 1.38. The van der Waals surface area contributed by atoms with Crippen LogP contribution in [0.15, 0.2) is 35.2 Å². The highest BCUT2D eigenvalue weighted by molar-refractivity contribution is 9.09. The normalized spacial score (nSPS) is 16.5. The Morgan fingerprint density at radius 3 is 2.76 bits per heavy atom. The Bertz CT molecular complexity index is 367. The molecule has 1 unspecified atom stereocenters. The van der Waals surface area contributed by atoms with Crippen molar-refractivity contribution in [2.75, 3.05) is 12.3 Å². The van der Waals surface area contributed by atoms with Gasteiger partial charge in [0, 0.05) is 16.3 Å². The topological polar surface area (TPSA) is 29.1 Å². The van der Waals surface area contributed by atoms with Crippen LogP contribution in [0.4, 0.5) is 0 Å². The number of carbonyl (C=O) groups excluding carboxylic acids is 1. The highest BCUT2D eigenvalue weighted by Crippen LogP contribution is 2.36. The minimum absolute atomic E-state index is 0.115. The lowest BCUT2D eigenvalue weighted by molar-refractivity contribution is -0.118.